The third-order valence-corrected chi connectivity index (χ3v) is 10.5. The van der Waals surface area contributed by atoms with E-state index in [4.69, 9.17) is 14.5 Å². The Morgan fingerprint density at radius 1 is 1.47 bits per heavy atom. The van der Waals surface area contributed by atoms with Crippen molar-refractivity contribution in [2.45, 2.75) is 27.3 Å². The summed E-state index contributed by atoms with van der Waals surface area (Å²) in [6, 6.07) is 1.61. The van der Waals surface area contributed by atoms with Crippen LogP contribution in [0.3, 0.4) is 0 Å². The van der Waals surface area contributed by atoms with E-state index < -0.39 is 21.9 Å². The Labute approximate surface area is 102 Å². The van der Waals surface area contributed by atoms with E-state index in [1.807, 2.05) is 0 Å². The van der Waals surface area contributed by atoms with Crippen molar-refractivity contribution in [3.05, 3.63) is 17.5 Å². The minimum absolute atomic E-state index is 0.186. The first-order chi connectivity index (χ1) is 7.25. The fourth-order valence-electron chi connectivity index (χ4n) is 1.75. The normalized spacial score (nSPS) is 21.5. The maximum absolute atomic E-state index is 9.79. The van der Waals surface area contributed by atoms with Gasteiger partial charge in [-0.15, -0.1) is 0 Å². The second-order valence-corrected chi connectivity index (χ2v) is 11.7. The van der Waals surface area contributed by atoms with Crippen LogP contribution in [0.1, 0.15) is 19.3 Å². The molecular weight excluding hydrogens is 318 g/mol. The van der Waals surface area contributed by atoms with Gasteiger partial charge in [-0.3, -0.25) is 0 Å². The summed E-state index contributed by atoms with van der Waals surface area (Å²) in [5, 5.41) is 10.2. The third kappa shape index (κ3) is 3.23. The summed E-state index contributed by atoms with van der Waals surface area (Å²) in [6.07, 6.45) is 4.57. The molecule has 0 aliphatic carbocycles. The summed E-state index contributed by atoms with van der Waals surface area (Å²) in [5.74, 6) is 0.525. The molecule has 6 heteroatoms. The maximum atomic E-state index is 9.79. The molecule has 1 unspecified atom stereocenters. The van der Waals surface area contributed by atoms with Crippen LogP contribution >= 0.6 is 11.6 Å². The summed E-state index contributed by atoms with van der Waals surface area (Å²) in [6.45, 7) is 0. The quantitative estimate of drug-likeness (QED) is 0.837. The van der Waals surface area contributed by atoms with Crippen LogP contribution in [0, 0.1) is 0 Å². The Bertz CT molecular complexity index is 340. The number of aliphatic hydroxyl groups is 1. The van der Waals surface area contributed by atoms with Gasteiger partial charge in [-0.1, -0.05) is 0 Å². The molecule has 1 aromatic rings. The summed E-state index contributed by atoms with van der Waals surface area (Å²) in [7, 11) is 0. The van der Waals surface area contributed by atoms with Gasteiger partial charge in [-0.2, -0.15) is 0 Å². The van der Waals surface area contributed by atoms with Crippen LogP contribution in [-0.4, -0.2) is 40.8 Å². The minimum atomic E-state index is -2.28. The molecule has 1 aliphatic rings. The SMILES string of the molecule is O[CH]1CCC[CH2][In]1[O]c1cc(Cl)ncn1. The van der Waals surface area contributed by atoms with E-state index in [0.29, 0.717) is 11.0 Å². The zero-order valence-corrected chi connectivity index (χ0v) is 12.3. The van der Waals surface area contributed by atoms with Crippen molar-refractivity contribution >= 4 is 33.5 Å². The monoisotopic (exact) mass is 330 g/mol. The molecule has 80 valence electrons. The molecule has 0 bridgehead atoms. The van der Waals surface area contributed by atoms with Gasteiger partial charge < -0.3 is 0 Å². The Kier molecular flexibility index (Phi) is 4.11. The second-order valence-electron chi connectivity index (χ2n) is 3.69. The topological polar surface area (TPSA) is 55.2 Å². The van der Waals surface area contributed by atoms with Crippen molar-refractivity contribution in [3.8, 4) is 5.88 Å². The van der Waals surface area contributed by atoms with Gasteiger partial charge >= 0.3 is 102 Å². The molecule has 15 heavy (non-hydrogen) atoms. The number of nitrogens with zero attached hydrogens (tertiary/aromatic N) is 2. The van der Waals surface area contributed by atoms with E-state index in [1.165, 1.54) is 12.7 Å². The average molecular weight is 330 g/mol. The van der Waals surface area contributed by atoms with Crippen molar-refractivity contribution in [3.63, 3.8) is 0 Å². The molecule has 1 aliphatic heterocycles. The van der Waals surface area contributed by atoms with Gasteiger partial charge in [0.05, 0.1) is 0 Å². The van der Waals surface area contributed by atoms with Crippen molar-refractivity contribution in [2.24, 2.45) is 0 Å². The first kappa shape index (κ1) is 11.5. The van der Waals surface area contributed by atoms with Gasteiger partial charge in [0, 0.05) is 0 Å². The number of aromatic nitrogens is 2. The molecule has 0 aromatic carbocycles. The van der Waals surface area contributed by atoms with Crippen LogP contribution in [0.25, 0.3) is 0 Å². The fourth-order valence-corrected chi connectivity index (χ4v) is 8.73. The van der Waals surface area contributed by atoms with Gasteiger partial charge in [0.25, 0.3) is 0 Å². The molecule has 2 rings (SSSR count). The molecule has 0 spiro atoms. The van der Waals surface area contributed by atoms with Crippen molar-refractivity contribution < 1.29 is 7.96 Å². The molecule has 1 fully saturated rings. The second kappa shape index (κ2) is 5.37. The predicted molar refractivity (Wildman–Crippen MR) is 58.1 cm³/mol. The van der Waals surface area contributed by atoms with Crippen molar-refractivity contribution in [1.82, 2.24) is 9.97 Å². The predicted octanol–water partition coefficient (Wildman–Crippen LogP) is 1.58. The van der Waals surface area contributed by atoms with E-state index in [0.717, 1.165) is 17.0 Å². The van der Waals surface area contributed by atoms with E-state index >= 15 is 0 Å². The number of hydrogen-bond donors (Lipinski definition) is 1. The van der Waals surface area contributed by atoms with Crippen LogP contribution in [0.5, 0.6) is 5.88 Å². The Balaban J connectivity index is 2.01. The summed E-state index contributed by atoms with van der Waals surface area (Å²) in [5.41, 5.74) is 0. The van der Waals surface area contributed by atoms with E-state index in [9.17, 15) is 5.11 Å². The molecule has 1 N–H and O–H groups in total. The fraction of sp³-hybridized carbons (Fsp3) is 0.556. The summed E-state index contributed by atoms with van der Waals surface area (Å²) in [4.78, 5) is 7.78. The first-order valence-electron chi connectivity index (χ1n) is 5.08. The number of aliphatic hydroxyl groups excluding tert-OH is 1. The zero-order chi connectivity index (χ0) is 10.7. The van der Waals surface area contributed by atoms with Gasteiger partial charge in [0.15, 0.2) is 0 Å². The number of rotatable bonds is 2. The molecule has 0 radical (unpaired) electrons. The average Bonchev–Trinajstić information content (AvgIpc) is 2.22. The first-order valence-corrected chi connectivity index (χ1v) is 11.0. The molecule has 1 aromatic heterocycles. The van der Waals surface area contributed by atoms with E-state index in [1.54, 1.807) is 6.07 Å². The van der Waals surface area contributed by atoms with Crippen LogP contribution in [0.15, 0.2) is 12.4 Å². The molecule has 2 heterocycles. The summed E-state index contributed by atoms with van der Waals surface area (Å²) < 4.78 is 6.66. The van der Waals surface area contributed by atoms with Crippen LogP contribution in [0.2, 0.25) is 9.33 Å². The molecular formula is C9H12ClInN2O2. The van der Waals surface area contributed by atoms with E-state index in [-0.39, 0.29) is 3.86 Å². The number of hydrogen-bond acceptors (Lipinski definition) is 4. The van der Waals surface area contributed by atoms with Gasteiger partial charge in [-0.05, 0) is 0 Å². The molecule has 0 saturated carbocycles. The van der Waals surface area contributed by atoms with Gasteiger partial charge in [-0.25, -0.2) is 0 Å². The van der Waals surface area contributed by atoms with E-state index in [2.05, 4.69) is 9.97 Å². The summed E-state index contributed by atoms with van der Waals surface area (Å²) >= 11 is 3.45. The van der Waals surface area contributed by atoms with Crippen LogP contribution in [-0.2, 0) is 0 Å². The van der Waals surface area contributed by atoms with Gasteiger partial charge in [0.2, 0.25) is 0 Å². The van der Waals surface area contributed by atoms with Crippen LogP contribution in [0.4, 0.5) is 0 Å². The molecule has 4 nitrogen and oxygen atoms in total. The zero-order valence-electron chi connectivity index (χ0n) is 8.27. The molecule has 0 amide bonds. The van der Waals surface area contributed by atoms with Crippen molar-refractivity contribution in [1.29, 1.82) is 0 Å². The van der Waals surface area contributed by atoms with Crippen molar-refractivity contribution in [2.75, 3.05) is 0 Å². The third-order valence-electron chi connectivity index (χ3n) is 2.55. The number of halogens is 1. The van der Waals surface area contributed by atoms with Gasteiger partial charge in [0.1, 0.15) is 0 Å². The Hall–Kier alpha value is 0.000130. The Morgan fingerprint density at radius 3 is 3.07 bits per heavy atom. The Morgan fingerprint density at radius 2 is 2.33 bits per heavy atom. The molecule has 1 saturated heterocycles. The standard InChI is InChI=1S/C5H10O.C4H3ClN2O.In/c1-2-3-4-5-6;5-3-1-4(8)7-2-6-3;/h5-6H,1-4H2;1-2H,(H,6,7,8);/q;;+1/p-1. The molecule has 1 atom stereocenters. The van der Waals surface area contributed by atoms with Crippen LogP contribution < -0.4 is 2.85 Å².